The van der Waals surface area contributed by atoms with Gasteiger partial charge in [-0.15, -0.1) is 12.3 Å². The standard InChI is InChI=1S/C10H19NO/c1-3-4-8-11-9-6-5-7-10-12-2/h1,11H,4-10H2,2H3. The third-order valence-electron chi connectivity index (χ3n) is 1.65. The molecule has 0 aromatic rings. The summed E-state index contributed by atoms with van der Waals surface area (Å²) in [6, 6.07) is 0. The summed E-state index contributed by atoms with van der Waals surface area (Å²) in [7, 11) is 1.74. The maximum Gasteiger partial charge on any atom is 0.0462 e. The van der Waals surface area contributed by atoms with Gasteiger partial charge in [-0.3, -0.25) is 0 Å². The molecule has 2 heteroatoms. The van der Waals surface area contributed by atoms with Crippen molar-refractivity contribution in [1.29, 1.82) is 0 Å². The van der Waals surface area contributed by atoms with Crippen molar-refractivity contribution in [2.45, 2.75) is 25.7 Å². The summed E-state index contributed by atoms with van der Waals surface area (Å²) < 4.78 is 4.94. The van der Waals surface area contributed by atoms with Crippen molar-refractivity contribution in [1.82, 2.24) is 5.32 Å². The number of hydrogen-bond acceptors (Lipinski definition) is 2. The summed E-state index contributed by atoms with van der Waals surface area (Å²) in [6.45, 7) is 2.90. The van der Waals surface area contributed by atoms with Gasteiger partial charge in [0.2, 0.25) is 0 Å². The number of methoxy groups -OCH3 is 1. The Labute approximate surface area is 75.7 Å². The summed E-state index contributed by atoms with van der Waals surface area (Å²) >= 11 is 0. The van der Waals surface area contributed by atoms with Crippen molar-refractivity contribution in [2.24, 2.45) is 0 Å². The molecule has 70 valence electrons. The minimum atomic E-state index is 0.831. The van der Waals surface area contributed by atoms with Crippen LogP contribution in [0.1, 0.15) is 25.7 Å². The van der Waals surface area contributed by atoms with Gasteiger partial charge in [-0.1, -0.05) is 0 Å². The van der Waals surface area contributed by atoms with Gasteiger partial charge in [0.05, 0.1) is 0 Å². The van der Waals surface area contributed by atoms with E-state index in [4.69, 9.17) is 11.2 Å². The molecule has 0 aliphatic heterocycles. The Morgan fingerprint density at radius 3 is 2.75 bits per heavy atom. The lowest BCUT2D eigenvalue weighted by Gasteiger charge is -2.01. The minimum absolute atomic E-state index is 0.831. The van der Waals surface area contributed by atoms with Crippen molar-refractivity contribution in [3.05, 3.63) is 0 Å². The van der Waals surface area contributed by atoms with Crippen molar-refractivity contribution in [2.75, 3.05) is 26.8 Å². The molecule has 0 saturated carbocycles. The summed E-state index contributed by atoms with van der Waals surface area (Å²) in [6.07, 6.45) is 9.54. The summed E-state index contributed by atoms with van der Waals surface area (Å²) in [5.74, 6) is 2.60. The van der Waals surface area contributed by atoms with Gasteiger partial charge in [-0.05, 0) is 25.8 Å². The van der Waals surface area contributed by atoms with Crippen LogP contribution in [0.15, 0.2) is 0 Å². The molecule has 0 aliphatic carbocycles. The molecule has 0 saturated heterocycles. The molecule has 12 heavy (non-hydrogen) atoms. The predicted octanol–water partition coefficient (Wildman–Crippen LogP) is 1.42. The van der Waals surface area contributed by atoms with Crippen molar-refractivity contribution < 1.29 is 4.74 Å². The van der Waals surface area contributed by atoms with Crippen LogP contribution in [-0.4, -0.2) is 26.8 Å². The minimum Gasteiger partial charge on any atom is -0.385 e. The third-order valence-corrected chi connectivity index (χ3v) is 1.65. The van der Waals surface area contributed by atoms with E-state index in [2.05, 4.69) is 11.2 Å². The number of hydrogen-bond donors (Lipinski definition) is 1. The molecule has 0 rings (SSSR count). The van der Waals surface area contributed by atoms with Crippen LogP contribution in [0.5, 0.6) is 0 Å². The number of unbranched alkanes of at least 4 members (excludes halogenated alkanes) is 2. The van der Waals surface area contributed by atoms with Crippen LogP contribution in [0.25, 0.3) is 0 Å². The molecule has 0 heterocycles. The van der Waals surface area contributed by atoms with Gasteiger partial charge in [-0.25, -0.2) is 0 Å². The van der Waals surface area contributed by atoms with E-state index in [0.717, 1.165) is 32.5 Å². The molecular formula is C10H19NO. The zero-order valence-electron chi connectivity index (χ0n) is 7.94. The van der Waals surface area contributed by atoms with E-state index >= 15 is 0 Å². The number of terminal acetylenes is 1. The Bertz CT molecular complexity index is 117. The van der Waals surface area contributed by atoms with Gasteiger partial charge in [0.1, 0.15) is 0 Å². The zero-order valence-corrected chi connectivity index (χ0v) is 7.94. The molecule has 0 bridgehead atoms. The lowest BCUT2D eigenvalue weighted by atomic mass is 10.2. The molecule has 0 atom stereocenters. The Morgan fingerprint density at radius 1 is 1.25 bits per heavy atom. The maximum atomic E-state index is 5.10. The van der Waals surface area contributed by atoms with E-state index < -0.39 is 0 Å². The number of nitrogens with one attached hydrogen (secondary N) is 1. The molecule has 0 aromatic carbocycles. The van der Waals surface area contributed by atoms with E-state index in [1.165, 1.54) is 12.8 Å². The molecular weight excluding hydrogens is 150 g/mol. The summed E-state index contributed by atoms with van der Waals surface area (Å²) in [4.78, 5) is 0. The van der Waals surface area contributed by atoms with E-state index in [1.807, 2.05) is 0 Å². The van der Waals surface area contributed by atoms with Crippen molar-refractivity contribution in [3.63, 3.8) is 0 Å². The van der Waals surface area contributed by atoms with Gasteiger partial charge in [0.25, 0.3) is 0 Å². The summed E-state index contributed by atoms with van der Waals surface area (Å²) in [5, 5.41) is 3.28. The van der Waals surface area contributed by atoms with E-state index in [0.29, 0.717) is 0 Å². The first-order chi connectivity index (χ1) is 5.91. The molecule has 0 radical (unpaired) electrons. The lowest BCUT2D eigenvalue weighted by Crippen LogP contribution is -2.16. The molecule has 1 N–H and O–H groups in total. The highest BCUT2D eigenvalue weighted by Gasteiger charge is 1.88. The molecule has 0 aliphatic rings. The first-order valence-corrected chi connectivity index (χ1v) is 4.55. The van der Waals surface area contributed by atoms with Crippen LogP contribution in [0.4, 0.5) is 0 Å². The van der Waals surface area contributed by atoms with Crippen LogP contribution >= 0.6 is 0 Å². The van der Waals surface area contributed by atoms with Crippen molar-refractivity contribution in [3.8, 4) is 12.3 Å². The first kappa shape index (κ1) is 11.5. The Hall–Kier alpha value is -0.520. The topological polar surface area (TPSA) is 21.3 Å². The van der Waals surface area contributed by atoms with Crippen LogP contribution in [0, 0.1) is 12.3 Å². The van der Waals surface area contributed by atoms with E-state index in [9.17, 15) is 0 Å². The molecule has 0 fully saturated rings. The average molecular weight is 169 g/mol. The second-order valence-corrected chi connectivity index (χ2v) is 2.76. The van der Waals surface area contributed by atoms with Gasteiger partial charge in [0.15, 0.2) is 0 Å². The third kappa shape index (κ3) is 9.48. The predicted molar refractivity (Wildman–Crippen MR) is 52.0 cm³/mol. The van der Waals surface area contributed by atoms with Gasteiger partial charge >= 0.3 is 0 Å². The smallest absolute Gasteiger partial charge is 0.0462 e. The number of ether oxygens (including phenoxy) is 1. The highest BCUT2D eigenvalue weighted by molar-refractivity contribution is 4.83. The maximum absolute atomic E-state index is 5.10. The van der Waals surface area contributed by atoms with Crippen LogP contribution in [0.3, 0.4) is 0 Å². The average Bonchev–Trinajstić information content (AvgIpc) is 2.10. The Kier molecular flexibility index (Phi) is 10.0. The fraction of sp³-hybridized carbons (Fsp3) is 0.800. The Balaban J connectivity index is 2.78. The number of rotatable bonds is 8. The highest BCUT2D eigenvalue weighted by atomic mass is 16.5. The van der Waals surface area contributed by atoms with Crippen LogP contribution in [0.2, 0.25) is 0 Å². The van der Waals surface area contributed by atoms with Gasteiger partial charge in [0, 0.05) is 26.7 Å². The quantitative estimate of drug-likeness (QED) is 0.438. The van der Waals surface area contributed by atoms with E-state index in [1.54, 1.807) is 7.11 Å². The Morgan fingerprint density at radius 2 is 2.08 bits per heavy atom. The van der Waals surface area contributed by atoms with Crippen LogP contribution in [-0.2, 0) is 4.74 Å². The van der Waals surface area contributed by atoms with Gasteiger partial charge < -0.3 is 10.1 Å². The molecule has 0 spiro atoms. The van der Waals surface area contributed by atoms with E-state index in [-0.39, 0.29) is 0 Å². The lowest BCUT2D eigenvalue weighted by molar-refractivity contribution is 0.192. The van der Waals surface area contributed by atoms with Crippen molar-refractivity contribution >= 4 is 0 Å². The molecule has 0 unspecified atom stereocenters. The molecule has 0 amide bonds. The summed E-state index contributed by atoms with van der Waals surface area (Å²) in [5.41, 5.74) is 0. The zero-order chi connectivity index (χ0) is 9.07. The molecule has 0 aromatic heterocycles. The monoisotopic (exact) mass is 169 g/mol. The SMILES string of the molecule is C#CCCNCCCCCOC. The second kappa shape index (κ2) is 10.5. The van der Waals surface area contributed by atoms with Gasteiger partial charge in [-0.2, -0.15) is 0 Å². The highest BCUT2D eigenvalue weighted by Crippen LogP contribution is 1.93. The fourth-order valence-electron chi connectivity index (χ4n) is 0.959. The normalized spacial score (nSPS) is 9.67. The fourth-order valence-corrected chi connectivity index (χ4v) is 0.959. The second-order valence-electron chi connectivity index (χ2n) is 2.76. The molecule has 2 nitrogen and oxygen atoms in total. The first-order valence-electron chi connectivity index (χ1n) is 4.55. The van der Waals surface area contributed by atoms with Crippen LogP contribution < -0.4 is 5.32 Å². The largest absolute Gasteiger partial charge is 0.385 e.